The number of aliphatic hydroxyl groups excluding tert-OH is 2. The third-order valence-corrected chi connectivity index (χ3v) is 7.80. The van der Waals surface area contributed by atoms with E-state index in [-0.39, 0.29) is 30.6 Å². The zero-order valence-electron chi connectivity index (χ0n) is 22.2. The number of epoxide rings is 1. The number of ether oxygens (including phenoxy) is 2. The Morgan fingerprint density at radius 3 is 2.65 bits per heavy atom. The van der Waals surface area contributed by atoms with Crippen molar-refractivity contribution in [1.82, 2.24) is 4.98 Å². The van der Waals surface area contributed by atoms with Gasteiger partial charge in [-0.05, 0) is 25.7 Å². The van der Waals surface area contributed by atoms with Gasteiger partial charge in [0.15, 0.2) is 12.0 Å². The molecule has 2 aliphatic rings. The predicted octanol–water partition coefficient (Wildman–Crippen LogP) is 3.92. The molecule has 0 spiro atoms. The van der Waals surface area contributed by atoms with Gasteiger partial charge in [-0.3, -0.25) is 9.59 Å². The summed E-state index contributed by atoms with van der Waals surface area (Å²) in [7, 11) is 0. The van der Waals surface area contributed by atoms with Crippen LogP contribution in [0.2, 0.25) is 0 Å². The van der Waals surface area contributed by atoms with Crippen molar-refractivity contribution < 1.29 is 38.1 Å². The SMILES string of the molecule is C#CC[C@H]1C(=O)C(C)(C)[C@@H](O)CC(=O)O[C@H](C(F)=Cc2coc(C)n2)C[C@H]2O[C@@]2(C)CCC[C@H](C)[C@@H]1O. The molecule has 8 nitrogen and oxygen atoms in total. The first-order valence-corrected chi connectivity index (χ1v) is 12.8. The molecule has 2 aliphatic heterocycles. The topological polar surface area (TPSA) is 122 Å². The number of halogens is 1. The van der Waals surface area contributed by atoms with Crippen molar-refractivity contribution in [3.8, 4) is 12.3 Å². The van der Waals surface area contributed by atoms with Crippen molar-refractivity contribution in [3.63, 3.8) is 0 Å². The summed E-state index contributed by atoms with van der Waals surface area (Å²) in [5, 5.41) is 21.9. The van der Waals surface area contributed by atoms with Gasteiger partial charge in [-0.15, -0.1) is 12.3 Å². The molecule has 1 aromatic rings. The minimum absolute atomic E-state index is 0.00738. The van der Waals surface area contributed by atoms with Crippen LogP contribution in [0.5, 0.6) is 0 Å². The number of cyclic esters (lactones) is 1. The molecule has 0 radical (unpaired) electrons. The lowest BCUT2D eigenvalue weighted by atomic mass is 9.71. The van der Waals surface area contributed by atoms with E-state index in [9.17, 15) is 19.8 Å². The smallest absolute Gasteiger partial charge is 0.309 e. The van der Waals surface area contributed by atoms with E-state index in [1.54, 1.807) is 6.92 Å². The molecular formula is C28H38FNO7. The molecule has 0 saturated carbocycles. The first-order valence-electron chi connectivity index (χ1n) is 12.8. The fourth-order valence-corrected chi connectivity index (χ4v) is 5.00. The molecule has 1 aromatic heterocycles. The highest BCUT2D eigenvalue weighted by Crippen LogP contribution is 2.45. The van der Waals surface area contributed by atoms with E-state index < -0.39 is 59.2 Å². The van der Waals surface area contributed by atoms with E-state index in [1.165, 1.54) is 20.1 Å². The summed E-state index contributed by atoms with van der Waals surface area (Å²) in [6.07, 6.45) is 5.45. The van der Waals surface area contributed by atoms with Crippen LogP contribution in [0, 0.1) is 36.5 Å². The van der Waals surface area contributed by atoms with Crippen LogP contribution in [0.15, 0.2) is 16.5 Å². The molecule has 0 amide bonds. The number of aromatic nitrogens is 1. The number of oxazole rings is 1. The minimum atomic E-state index is -1.43. The molecule has 204 valence electrons. The monoisotopic (exact) mass is 519 g/mol. The zero-order valence-corrected chi connectivity index (χ0v) is 22.2. The van der Waals surface area contributed by atoms with Gasteiger partial charge < -0.3 is 24.1 Å². The Morgan fingerprint density at radius 1 is 1.32 bits per heavy atom. The van der Waals surface area contributed by atoms with Crippen molar-refractivity contribution in [1.29, 1.82) is 0 Å². The maximum atomic E-state index is 15.3. The molecule has 2 N–H and O–H groups in total. The Bertz CT molecular complexity index is 1060. The largest absolute Gasteiger partial charge is 0.455 e. The zero-order chi connectivity index (χ0) is 27.5. The number of esters is 1. The number of aryl methyl sites for hydroxylation is 1. The summed E-state index contributed by atoms with van der Waals surface area (Å²) in [4.78, 5) is 30.3. The highest BCUT2D eigenvalue weighted by atomic mass is 19.1. The van der Waals surface area contributed by atoms with Crippen molar-refractivity contribution in [2.24, 2.45) is 17.3 Å². The summed E-state index contributed by atoms with van der Waals surface area (Å²) >= 11 is 0. The van der Waals surface area contributed by atoms with Crippen LogP contribution >= 0.6 is 0 Å². The highest BCUT2D eigenvalue weighted by Gasteiger charge is 2.53. The molecule has 9 heteroatoms. The molecule has 2 fully saturated rings. The average Bonchev–Trinajstić information content (AvgIpc) is 3.27. The summed E-state index contributed by atoms with van der Waals surface area (Å²) in [5.74, 6) is -0.323. The summed E-state index contributed by atoms with van der Waals surface area (Å²) in [5.41, 5.74) is -1.68. The van der Waals surface area contributed by atoms with Crippen LogP contribution in [0.1, 0.15) is 77.8 Å². The number of hydrogen-bond donors (Lipinski definition) is 2. The van der Waals surface area contributed by atoms with Gasteiger partial charge in [0.05, 0.1) is 41.7 Å². The summed E-state index contributed by atoms with van der Waals surface area (Å²) < 4.78 is 31.8. The molecular weight excluding hydrogens is 481 g/mol. The Kier molecular flexibility index (Phi) is 8.99. The molecule has 3 rings (SSSR count). The van der Waals surface area contributed by atoms with E-state index in [1.807, 2.05) is 13.8 Å². The number of carbonyl (C=O) groups is 2. The molecule has 3 heterocycles. The number of rotatable bonds is 3. The van der Waals surface area contributed by atoms with Crippen molar-refractivity contribution in [3.05, 3.63) is 23.7 Å². The van der Waals surface area contributed by atoms with Gasteiger partial charge >= 0.3 is 5.97 Å². The lowest BCUT2D eigenvalue weighted by molar-refractivity contribution is -0.155. The van der Waals surface area contributed by atoms with Crippen molar-refractivity contribution in [2.75, 3.05) is 0 Å². The van der Waals surface area contributed by atoms with Crippen molar-refractivity contribution in [2.45, 2.75) is 103 Å². The van der Waals surface area contributed by atoms with Gasteiger partial charge in [-0.1, -0.05) is 27.2 Å². The standard InChI is InChI=1S/C28H38FNO7/c1-7-9-19-25(33)16(2)10-8-11-28(6)23(37-28)13-21(20(29)12-18-15-35-17(3)30-18)36-24(32)14-22(31)27(4,5)26(19)34/h1,12,15-16,19,21-23,25,31,33H,8-11,13-14H2,2-6H3/t16-,19+,21-,22-,23+,25-,28-/m0/s1. The second kappa shape index (κ2) is 11.5. The second-order valence-corrected chi connectivity index (χ2v) is 11.1. The third kappa shape index (κ3) is 6.86. The number of carbonyl (C=O) groups excluding carboxylic acids is 2. The second-order valence-electron chi connectivity index (χ2n) is 11.1. The maximum absolute atomic E-state index is 15.3. The van der Waals surface area contributed by atoms with E-state index in [0.717, 1.165) is 6.08 Å². The van der Waals surface area contributed by atoms with Gasteiger partial charge in [-0.2, -0.15) is 0 Å². The number of fused-ring (bicyclic) bond motifs is 1. The number of hydrogen-bond acceptors (Lipinski definition) is 8. The first kappa shape index (κ1) is 29.0. The Morgan fingerprint density at radius 2 is 2.03 bits per heavy atom. The number of nitrogens with zero attached hydrogens (tertiary/aromatic N) is 1. The lowest BCUT2D eigenvalue weighted by Gasteiger charge is -2.35. The van der Waals surface area contributed by atoms with Crippen LogP contribution in [0.4, 0.5) is 4.39 Å². The fourth-order valence-electron chi connectivity index (χ4n) is 5.00. The van der Waals surface area contributed by atoms with Crippen molar-refractivity contribution >= 4 is 17.8 Å². The number of terminal acetylenes is 1. The third-order valence-electron chi connectivity index (χ3n) is 7.80. The average molecular weight is 520 g/mol. The van der Waals surface area contributed by atoms with Gasteiger partial charge in [-0.25, -0.2) is 9.37 Å². The normalized spacial score (nSPS) is 35.8. The predicted molar refractivity (Wildman–Crippen MR) is 133 cm³/mol. The fraction of sp³-hybridized carbons (Fsp3) is 0.679. The molecule has 7 atom stereocenters. The molecule has 2 saturated heterocycles. The molecule has 0 unspecified atom stereocenters. The molecule has 37 heavy (non-hydrogen) atoms. The lowest BCUT2D eigenvalue weighted by Crippen LogP contribution is -2.46. The Balaban J connectivity index is 1.89. The minimum Gasteiger partial charge on any atom is -0.455 e. The van der Waals surface area contributed by atoms with E-state index in [0.29, 0.717) is 25.2 Å². The van der Waals surface area contributed by atoms with Gasteiger partial charge in [0.2, 0.25) is 0 Å². The van der Waals surface area contributed by atoms with Crippen LogP contribution in [0.3, 0.4) is 0 Å². The van der Waals surface area contributed by atoms with E-state index in [4.69, 9.17) is 20.3 Å². The van der Waals surface area contributed by atoms with E-state index >= 15 is 4.39 Å². The maximum Gasteiger partial charge on any atom is 0.309 e. The molecule has 0 aromatic carbocycles. The van der Waals surface area contributed by atoms with Gasteiger partial charge in [0.25, 0.3) is 0 Å². The highest BCUT2D eigenvalue weighted by molar-refractivity contribution is 5.88. The number of aliphatic hydroxyl groups is 2. The molecule has 0 bridgehead atoms. The first-order chi connectivity index (χ1) is 17.3. The summed E-state index contributed by atoms with van der Waals surface area (Å²) in [6, 6.07) is 0. The number of ketones is 1. The van der Waals surface area contributed by atoms with E-state index in [2.05, 4.69) is 10.9 Å². The van der Waals surface area contributed by atoms with Gasteiger partial charge in [0.1, 0.15) is 23.6 Å². The number of Topliss-reactive ketones (excluding diaryl/α,β-unsaturated/α-hetero) is 1. The van der Waals surface area contributed by atoms with Gasteiger partial charge in [0, 0.05) is 25.8 Å². The Labute approximate surface area is 217 Å². The Hall–Kier alpha value is -2.54. The van der Waals surface area contributed by atoms with Crippen LogP contribution in [0.25, 0.3) is 6.08 Å². The van der Waals surface area contributed by atoms with Crippen LogP contribution < -0.4 is 0 Å². The molecule has 0 aliphatic carbocycles. The quantitative estimate of drug-likeness (QED) is 0.350. The van der Waals surface area contributed by atoms with Crippen LogP contribution in [-0.4, -0.2) is 57.0 Å². The van der Waals surface area contributed by atoms with Crippen LogP contribution in [-0.2, 0) is 19.1 Å². The summed E-state index contributed by atoms with van der Waals surface area (Å²) in [6.45, 7) is 8.42.